The van der Waals surface area contributed by atoms with Crippen LogP contribution in [0.25, 0.3) is 6.08 Å². The molecule has 1 heterocycles. The molecule has 0 spiro atoms. The van der Waals surface area contributed by atoms with Crippen LogP contribution in [-0.2, 0) is 16.0 Å². The summed E-state index contributed by atoms with van der Waals surface area (Å²) in [5.41, 5.74) is 16.8. The molecule has 0 radical (unpaired) electrons. The van der Waals surface area contributed by atoms with E-state index in [1.54, 1.807) is 48.5 Å². The van der Waals surface area contributed by atoms with Gasteiger partial charge in [0.05, 0.1) is 18.0 Å². The van der Waals surface area contributed by atoms with Crippen LogP contribution in [0.1, 0.15) is 67.3 Å². The van der Waals surface area contributed by atoms with E-state index in [0.29, 0.717) is 35.2 Å². The summed E-state index contributed by atoms with van der Waals surface area (Å²) in [7, 11) is 0. The number of rotatable bonds is 11. The predicted octanol–water partition coefficient (Wildman–Crippen LogP) is 6.17. The lowest BCUT2D eigenvalue weighted by atomic mass is 9.85. The Morgan fingerprint density at radius 2 is 1.78 bits per heavy atom. The number of guanidine groups is 1. The Balaban J connectivity index is 1.31. The average molecular weight is 614 g/mol. The number of phenols is 1. The molecule has 0 fully saturated rings. The van der Waals surface area contributed by atoms with E-state index in [2.05, 4.69) is 22.5 Å². The van der Waals surface area contributed by atoms with Crippen LogP contribution < -0.4 is 31.6 Å². The molecule has 0 aromatic heterocycles. The fourth-order valence-corrected chi connectivity index (χ4v) is 5.44. The van der Waals surface area contributed by atoms with Gasteiger partial charge in [-0.25, -0.2) is 4.99 Å². The number of carbonyl (C=O) groups excluding carboxylic acids is 2. The highest BCUT2D eigenvalue weighted by molar-refractivity contribution is 6.02. The van der Waals surface area contributed by atoms with E-state index < -0.39 is 0 Å². The third-order valence-electron chi connectivity index (χ3n) is 8.09. The molecule has 2 amide bonds. The highest BCUT2D eigenvalue weighted by Gasteiger charge is 2.34. The third kappa shape index (κ3) is 8.56. The average Bonchev–Trinajstić information content (AvgIpc) is 2.99. The van der Waals surface area contributed by atoms with Crippen molar-refractivity contribution in [2.24, 2.45) is 16.5 Å². The van der Waals surface area contributed by atoms with Crippen LogP contribution in [0.5, 0.6) is 17.2 Å². The maximum atomic E-state index is 12.6. The van der Waals surface area contributed by atoms with Crippen molar-refractivity contribution in [2.75, 3.05) is 17.2 Å². The molecule has 1 aliphatic heterocycles. The van der Waals surface area contributed by atoms with Gasteiger partial charge in [-0.1, -0.05) is 12.1 Å². The largest absolute Gasteiger partial charge is 0.507 e. The lowest BCUT2D eigenvalue weighted by Crippen LogP contribution is -2.37. The molecule has 1 unspecified atom stereocenters. The molecule has 3 aromatic carbocycles. The van der Waals surface area contributed by atoms with E-state index >= 15 is 0 Å². The minimum absolute atomic E-state index is 0.0255. The molecule has 10 nitrogen and oxygen atoms in total. The molecule has 0 aliphatic carbocycles. The second-order valence-corrected chi connectivity index (χ2v) is 11.7. The van der Waals surface area contributed by atoms with Crippen molar-refractivity contribution in [3.63, 3.8) is 0 Å². The van der Waals surface area contributed by atoms with Crippen molar-refractivity contribution in [1.82, 2.24) is 0 Å². The standard InChI is InChI=1S/C35H43N5O5/c1-21-22(2)33-28(23(3)32(21)43)16-18-35(5,45-33)17-6-7-19-44-30-14-13-27(20-29(30)38-24(4)41)39-31(42)15-10-25-8-11-26(12-9-25)40-34(36)37/h8-15,20,43H,6-7,16-19H2,1-5H3,(H,38,41)(H,39,42)(H4,36,37,40). The van der Waals surface area contributed by atoms with Gasteiger partial charge in [0.15, 0.2) is 5.96 Å². The van der Waals surface area contributed by atoms with Crippen LogP contribution in [0.2, 0.25) is 0 Å². The Morgan fingerprint density at radius 3 is 2.47 bits per heavy atom. The molecule has 0 saturated carbocycles. The number of benzene rings is 3. The molecule has 4 rings (SSSR count). The van der Waals surface area contributed by atoms with Crippen LogP contribution in [0.15, 0.2) is 53.5 Å². The molecule has 1 aliphatic rings. The van der Waals surface area contributed by atoms with Gasteiger partial charge in [-0.3, -0.25) is 9.59 Å². The van der Waals surface area contributed by atoms with Gasteiger partial charge in [-0.2, -0.15) is 0 Å². The molecule has 45 heavy (non-hydrogen) atoms. The molecule has 10 heteroatoms. The smallest absolute Gasteiger partial charge is 0.248 e. The summed E-state index contributed by atoms with van der Waals surface area (Å²) in [6.07, 6.45) is 7.40. The summed E-state index contributed by atoms with van der Waals surface area (Å²) in [6.45, 7) is 9.92. The van der Waals surface area contributed by atoms with Gasteiger partial charge in [0.25, 0.3) is 0 Å². The molecular weight excluding hydrogens is 570 g/mol. The number of aromatic hydroxyl groups is 1. The van der Waals surface area contributed by atoms with Crippen LogP contribution in [0.4, 0.5) is 17.1 Å². The summed E-state index contributed by atoms with van der Waals surface area (Å²) in [6, 6.07) is 12.2. The third-order valence-corrected chi connectivity index (χ3v) is 8.09. The first-order chi connectivity index (χ1) is 21.3. The van der Waals surface area contributed by atoms with E-state index in [0.717, 1.165) is 65.7 Å². The van der Waals surface area contributed by atoms with Gasteiger partial charge < -0.3 is 36.7 Å². The second kappa shape index (κ2) is 14.2. The maximum Gasteiger partial charge on any atom is 0.248 e. The lowest BCUT2D eigenvalue weighted by Gasteiger charge is -2.38. The van der Waals surface area contributed by atoms with Crippen LogP contribution in [0.3, 0.4) is 0 Å². The van der Waals surface area contributed by atoms with E-state index in [-0.39, 0.29) is 23.4 Å². The summed E-state index contributed by atoms with van der Waals surface area (Å²) in [5, 5.41) is 16.1. The van der Waals surface area contributed by atoms with E-state index in [1.807, 2.05) is 20.8 Å². The fourth-order valence-electron chi connectivity index (χ4n) is 5.44. The molecule has 0 bridgehead atoms. The summed E-state index contributed by atoms with van der Waals surface area (Å²) < 4.78 is 12.6. The number of hydrogen-bond acceptors (Lipinski definition) is 6. The van der Waals surface area contributed by atoms with Gasteiger partial charge >= 0.3 is 0 Å². The van der Waals surface area contributed by atoms with Crippen molar-refractivity contribution < 1.29 is 24.2 Å². The molecule has 7 N–H and O–H groups in total. The molecule has 1 atom stereocenters. The fraction of sp³-hybridized carbons (Fsp3) is 0.343. The van der Waals surface area contributed by atoms with Crippen molar-refractivity contribution in [1.29, 1.82) is 0 Å². The van der Waals surface area contributed by atoms with Gasteiger partial charge in [-0.15, -0.1) is 0 Å². The first-order valence-corrected chi connectivity index (χ1v) is 15.1. The topological polar surface area (TPSA) is 161 Å². The van der Waals surface area contributed by atoms with Crippen LogP contribution in [-0.4, -0.2) is 35.1 Å². The Hall–Kier alpha value is -4.99. The maximum absolute atomic E-state index is 12.6. The Kier molecular flexibility index (Phi) is 10.4. The summed E-state index contributed by atoms with van der Waals surface area (Å²) in [4.78, 5) is 28.4. The minimum atomic E-state index is -0.330. The van der Waals surface area contributed by atoms with Crippen LogP contribution >= 0.6 is 0 Å². The number of aliphatic imine (C=N–C) groups is 1. The lowest BCUT2D eigenvalue weighted by molar-refractivity contribution is -0.114. The number of fused-ring (bicyclic) bond motifs is 1. The number of phenolic OH excluding ortho intramolecular Hbond substituents is 1. The number of nitrogens with one attached hydrogen (secondary N) is 2. The zero-order chi connectivity index (χ0) is 32.7. The van der Waals surface area contributed by atoms with Crippen molar-refractivity contribution >= 4 is 40.9 Å². The van der Waals surface area contributed by atoms with Gasteiger partial charge in [0, 0.05) is 24.3 Å². The highest BCUT2D eigenvalue weighted by atomic mass is 16.5. The first kappa shape index (κ1) is 32.9. The van der Waals surface area contributed by atoms with Gasteiger partial charge in [0.1, 0.15) is 22.8 Å². The number of nitrogens with zero attached hydrogens (tertiary/aromatic N) is 1. The number of hydrogen-bond donors (Lipinski definition) is 5. The normalized spacial score (nSPS) is 15.6. The van der Waals surface area contributed by atoms with Crippen molar-refractivity contribution in [2.45, 2.75) is 72.3 Å². The van der Waals surface area contributed by atoms with E-state index in [4.69, 9.17) is 20.9 Å². The summed E-state index contributed by atoms with van der Waals surface area (Å²) >= 11 is 0. The first-order valence-electron chi connectivity index (χ1n) is 15.1. The minimum Gasteiger partial charge on any atom is -0.507 e. The summed E-state index contributed by atoms with van der Waals surface area (Å²) in [5.74, 6) is 1.20. The molecule has 3 aromatic rings. The molecule has 0 saturated heterocycles. The van der Waals surface area contributed by atoms with Gasteiger partial charge in [0.2, 0.25) is 11.8 Å². The Bertz CT molecular complexity index is 1630. The Morgan fingerprint density at radius 1 is 1.04 bits per heavy atom. The van der Waals surface area contributed by atoms with Crippen LogP contribution in [0, 0.1) is 20.8 Å². The zero-order valence-electron chi connectivity index (χ0n) is 26.6. The quantitative estimate of drug-likeness (QED) is 0.0748. The van der Waals surface area contributed by atoms with E-state index in [9.17, 15) is 14.7 Å². The number of nitrogens with two attached hydrogens (primary N) is 2. The number of ether oxygens (including phenoxy) is 2. The van der Waals surface area contributed by atoms with Gasteiger partial charge in [-0.05, 0) is 118 Å². The predicted molar refractivity (Wildman–Crippen MR) is 179 cm³/mol. The number of unbranched alkanes of at least 4 members (excludes halogenated alkanes) is 1. The number of amides is 2. The molecular formula is C35H43N5O5. The highest BCUT2D eigenvalue weighted by Crippen LogP contribution is 2.44. The van der Waals surface area contributed by atoms with E-state index in [1.165, 1.54) is 13.0 Å². The molecule has 238 valence electrons. The zero-order valence-corrected chi connectivity index (χ0v) is 26.6. The Labute approximate surface area is 264 Å². The monoisotopic (exact) mass is 613 g/mol. The van der Waals surface area contributed by atoms with Crippen molar-refractivity contribution in [3.05, 3.63) is 76.4 Å². The number of carbonyl (C=O) groups is 2. The SMILES string of the molecule is CC(=O)Nc1cc(NC(=O)C=Cc2ccc(N=C(N)N)cc2)ccc1OCCCCC1(C)CCc2c(C)c(O)c(C)c(C)c2O1. The number of anilines is 2. The van der Waals surface area contributed by atoms with Crippen molar-refractivity contribution in [3.8, 4) is 17.2 Å². The second-order valence-electron chi connectivity index (χ2n) is 11.7.